The van der Waals surface area contributed by atoms with Crippen molar-refractivity contribution < 1.29 is 0 Å². The fourth-order valence-corrected chi connectivity index (χ4v) is 1.85. The molecule has 1 N–H and O–H groups in total. The van der Waals surface area contributed by atoms with Crippen molar-refractivity contribution in [3.8, 4) is 0 Å². The van der Waals surface area contributed by atoms with Crippen molar-refractivity contribution in [2.45, 2.75) is 32.6 Å². The van der Waals surface area contributed by atoms with Crippen LogP contribution in [0.1, 0.15) is 37.6 Å². The number of hydrogen-bond donors (Lipinski definition) is 1. The molecule has 0 saturated heterocycles. The van der Waals surface area contributed by atoms with Crippen molar-refractivity contribution in [1.29, 1.82) is 0 Å². The Kier molecular flexibility index (Phi) is 2.49. The first-order valence-corrected chi connectivity index (χ1v) is 5.64. The average Bonchev–Trinajstić information content (AvgIpc) is 2.79. The summed E-state index contributed by atoms with van der Waals surface area (Å²) in [6.45, 7) is 5.36. The summed E-state index contributed by atoms with van der Waals surface area (Å²) >= 11 is 1.68. The Morgan fingerprint density at radius 3 is 2.77 bits per heavy atom. The van der Waals surface area contributed by atoms with Crippen molar-refractivity contribution in [3.63, 3.8) is 0 Å². The van der Waals surface area contributed by atoms with Gasteiger partial charge in [-0.1, -0.05) is 25.2 Å². The third-order valence-corrected chi connectivity index (χ3v) is 3.35. The first kappa shape index (κ1) is 8.94. The largest absolute Gasteiger partial charge is 0.360 e. The number of anilines is 1. The van der Waals surface area contributed by atoms with Crippen LogP contribution < -0.4 is 5.32 Å². The molecule has 1 fully saturated rings. The Morgan fingerprint density at radius 1 is 1.46 bits per heavy atom. The summed E-state index contributed by atoms with van der Waals surface area (Å²) in [6.07, 6.45) is 2.76. The van der Waals surface area contributed by atoms with Gasteiger partial charge < -0.3 is 5.32 Å². The summed E-state index contributed by atoms with van der Waals surface area (Å²) in [5, 5.41) is 13.6. The van der Waals surface area contributed by atoms with Crippen LogP contribution in [0.25, 0.3) is 0 Å². The SMILES string of the molecule is CC(C)c1nnc(NCC2CC2)s1. The molecule has 0 unspecified atom stereocenters. The zero-order valence-electron chi connectivity index (χ0n) is 8.08. The summed E-state index contributed by atoms with van der Waals surface area (Å²) < 4.78 is 0. The lowest BCUT2D eigenvalue weighted by molar-refractivity contribution is 0.822. The molecule has 1 saturated carbocycles. The molecule has 0 aromatic carbocycles. The van der Waals surface area contributed by atoms with Gasteiger partial charge in [-0.05, 0) is 18.8 Å². The van der Waals surface area contributed by atoms with Crippen LogP contribution >= 0.6 is 11.3 Å². The van der Waals surface area contributed by atoms with Gasteiger partial charge in [-0.15, -0.1) is 10.2 Å². The van der Waals surface area contributed by atoms with E-state index in [4.69, 9.17) is 0 Å². The molecule has 0 aliphatic heterocycles. The number of nitrogens with zero attached hydrogens (tertiary/aromatic N) is 2. The minimum Gasteiger partial charge on any atom is -0.360 e. The lowest BCUT2D eigenvalue weighted by Crippen LogP contribution is -2.02. The smallest absolute Gasteiger partial charge is 0.205 e. The highest BCUT2D eigenvalue weighted by molar-refractivity contribution is 7.15. The second-order valence-electron chi connectivity index (χ2n) is 3.92. The zero-order chi connectivity index (χ0) is 9.26. The van der Waals surface area contributed by atoms with Gasteiger partial charge in [0.05, 0.1) is 0 Å². The van der Waals surface area contributed by atoms with Crippen LogP contribution in [0.2, 0.25) is 0 Å². The lowest BCUT2D eigenvalue weighted by atomic mass is 10.2. The molecular formula is C9H15N3S. The molecule has 1 aromatic rings. The molecule has 2 rings (SSSR count). The summed E-state index contributed by atoms with van der Waals surface area (Å²) in [5.41, 5.74) is 0. The topological polar surface area (TPSA) is 37.8 Å². The molecule has 1 aromatic heterocycles. The van der Waals surface area contributed by atoms with Gasteiger partial charge in [0.1, 0.15) is 5.01 Å². The highest BCUT2D eigenvalue weighted by Gasteiger charge is 2.21. The predicted octanol–water partition coefficient (Wildman–Crippen LogP) is 2.48. The number of aromatic nitrogens is 2. The van der Waals surface area contributed by atoms with Crippen LogP contribution in [-0.4, -0.2) is 16.7 Å². The maximum absolute atomic E-state index is 4.12. The molecule has 3 nitrogen and oxygen atoms in total. The minimum absolute atomic E-state index is 0.494. The molecule has 0 amide bonds. The van der Waals surface area contributed by atoms with Gasteiger partial charge >= 0.3 is 0 Å². The van der Waals surface area contributed by atoms with Gasteiger partial charge in [-0.2, -0.15) is 0 Å². The maximum Gasteiger partial charge on any atom is 0.205 e. The molecule has 0 spiro atoms. The van der Waals surface area contributed by atoms with Gasteiger partial charge in [-0.3, -0.25) is 0 Å². The Morgan fingerprint density at radius 2 is 2.23 bits per heavy atom. The normalized spacial score (nSPS) is 16.5. The van der Waals surface area contributed by atoms with Gasteiger partial charge in [0.25, 0.3) is 0 Å². The summed E-state index contributed by atoms with van der Waals surface area (Å²) in [5.74, 6) is 1.39. The van der Waals surface area contributed by atoms with Crippen molar-refractivity contribution in [2.24, 2.45) is 5.92 Å². The number of hydrogen-bond acceptors (Lipinski definition) is 4. The van der Waals surface area contributed by atoms with E-state index in [-0.39, 0.29) is 0 Å². The van der Waals surface area contributed by atoms with E-state index in [1.165, 1.54) is 12.8 Å². The van der Waals surface area contributed by atoms with E-state index in [0.717, 1.165) is 22.6 Å². The summed E-state index contributed by atoms with van der Waals surface area (Å²) in [6, 6.07) is 0. The van der Waals surface area contributed by atoms with E-state index in [2.05, 4.69) is 29.4 Å². The molecule has 0 bridgehead atoms. The molecule has 4 heteroatoms. The van der Waals surface area contributed by atoms with Crippen LogP contribution in [0.4, 0.5) is 5.13 Å². The highest BCUT2D eigenvalue weighted by Crippen LogP contribution is 2.30. The molecule has 1 aliphatic carbocycles. The van der Waals surface area contributed by atoms with Gasteiger partial charge in [-0.25, -0.2) is 0 Å². The van der Waals surface area contributed by atoms with Gasteiger partial charge in [0.15, 0.2) is 0 Å². The summed E-state index contributed by atoms with van der Waals surface area (Å²) in [7, 11) is 0. The third kappa shape index (κ3) is 2.40. The van der Waals surface area contributed by atoms with E-state index < -0.39 is 0 Å². The first-order chi connectivity index (χ1) is 6.25. The van der Waals surface area contributed by atoms with Crippen molar-refractivity contribution in [1.82, 2.24) is 10.2 Å². The van der Waals surface area contributed by atoms with E-state index in [1.807, 2.05) is 0 Å². The fourth-order valence-electron chi connectivity index (χ4n) is 1.09. The Hall–Kier alpha value is -0.640. The average molecular weight is 197 g/mol. The monoisotopic (exact) mass is 197 g/mol. The van der Waals surface area contributed by atoms with Crippen molar-refractivity contribution in [2.75, 3.05) is 11.9 Å². The highest BCUT2D eigenvalue weighted by atomic mass is 32.1. The fraction of sp³-hybridized carbons (Fsp3) is 0.778. The number of rotatable bonds is 4. The maximum atomic E-state index is 4.12. The Labute approximate surface area is 82.6 Å². The minimum atomic E-state index is 0.494. The predicted molar refractivity (Wildman–Crippen MR) is 55.2 cm³/mol. The number of nitrogens with one attached hydrogen (secondary N) is 1. The molecule has 1 aliphatic rings. The lowest BCUT2D eigenvalue weighted by Gasteiger charge is -1.97. The summed E-state index contributed by atoms with van der Waals surface area (Å²) in [4.78, 5) is 0. The standard InChI is InChI=1S/C9H15N3S/c1-6(2)8-11-12-9(13-8)10-5-7-3-4-7/h6-7H,3-5H2,1-2H3,(H,10,12). The van der Waals surface area contributed by atoms with Crippen LogP contribution in [0.5, 0.6) is 0 Å². The molecule has 72 valence electrons. The Bertz CT molecular complexity index is 278. The van der Waals surface area contributed by atoms with Gasteiger partial charge in [0, 0.05) is 12.5 Å². The van der Waals surface area contributed by atoms with Crippen LogP contribution in [0, 0.1) is 5.92 Å². The van der Waals surface area contributed by atoms with Gasteiger partial charge in [0.2, 0.25) is 5.13 Å². The molecule has 1 heterocycles. The van der Waals surface area contributed by atoms with Crippen molar-refractivity contribution >= 4 is 16.5 Å². The van der Waals surface area contributed by atoms with E-state index in [0.29, 0.717) is 5.92 Å². The van der Waals surface area contributed by atoms with E-state index in [9.17, 15) is 0 Å². The van der Waals surface area contributed by atoms with E-state index in [1.54, 1.807) is 11.3 Å². The second kappa shape index (κ2) is 3.62. The van der Waals surface area contributed by atoms with E-state index >= 15 is 0 Å². The third-order valence-electron chi connectivity index (χ3n) is 2.17. The Balaban J connectivity index is 1.88. The zero-order valence-corrected chi connectivity index (χ0v) is 8.90. The first-order valence-electron chi connectivity index (χ1n) is 4.83. The van der Waals surface area contributed by atoms with Crippen LogP contribution in [-0.2, 0) is 0 Å². The van der Waals surface area contributed by atoms with Crippen molar-refractivity contribution in [3.05, 3.63) is 5.01 Å². The molecule has 13 heavy (non-hydrogen) atoms. The van der Waals surface area contributed by atoms with Crippen LogP contribution in [0.3, 0.4) is 0 Å². The quantitative estimate of drug-likeness (QED) is 0.805. The molecule has 0 atom stereocenters. The van der Waals surface area contributed by atoms with Crippen LogP contribution in [0.15, 0.2) is 0 Å². The molecule has 0 radical (unpaired) electrons. The molecular weight excluding hydrogens is 182 g/mol. The second-order valence-corrected chi connectivity index (χ2v) is 4.93.